The number of aryl methyl sites for hydroxylation is 2. The van der Waals surface area contributed by atoms with Crippen molar-refractivity contribution in [1.82, 2.24) is 30.4 Å². The van der Waals surface area contributed by atoms with Gasteiger partial charge in [-0.15, -0.1) is 0 Å². The summed E-state index contributed by atoms with van der Waals surface area (Å²) in [5.74, 6) is 0.465. The van der Waals surface area contributed by atoms with E-state index in [0.717, 1.165) is 49.9 Å². The number of ether oxygens (including phenoxy) is 1. The number of rotatable bonds is 3. The van der Waals surface area contributed by atoms with Crippen molar-refractivity contribution >= 4 is 33.7 Å². The fourth-order valence-electron chi connectivity index (χ4n) is 4.91. The first kappa shape index (κ1) is 22.7. The molecule has 2 aromatic carbocycles. The topological polar surface area (TPSA) is 111 Å². The summed E-state index contributed by atoms with van der Waals surface area (Å²) in [5.41, 5.74) is 6.18. The summed E-state index contributed by atoms with van der Waals surface area (Å²) in [7, 11) is 1.57. The molecule has 0 saturated carbocycles. The van der Waals surface area contributed by atoms with Crippen LogP contribution in [0.3, 0.4) is 0 Å². The van der Waals surface area contributed by atoms with Crippen molar-refractivity contribution in [1.29, 1.82) is 0 Å². The van der Waals surface area contributed by atoms with Gasteiger partial charge in [0, 0.05) is 40.8 Å². The highest BCUT2D eigenvalue weighted by Gasteiger charge is 2.28. The maximum Gasteiger partial charge on any atom is 0.343 e. The molecule has 1 aliphatic heterocycles. The summed E-state index contributed by atoms with van der Waals surface area (Å²) in [5, 5.41) is 12.0. The van der Waals surface area contributed by atoms with Crippen molar-refractivity contribution in [3.8, 4) is 16.9 Å². The number of carbonyl (C=O) groups is 2. The molecule has 9 heteroatoms. The van der Waals surface area contributed by atoms with Gasteiger partial charge in [-0.05, 0) is 37.6 Å². The molecule has 0 fully saturated rings. The monoisotopic (exact) mass is 492 g/mol. The molecule has 0 radical (unpaired) electrons. The van der Waals surface area contributed by atoms with Crippen molar-refractivity contribution in [3.63, 3.8) is 0 Å². The van der Waals surface area contributed by atoms with E-state index in [1.807, 2.05) is 62.4 Å². The highest BCUT2D eigenvalue weighted by molar-refractivity contribution is 6.08. The average Bonchev–Trinajstić information content (AvgIpc) is 3.49. The third-order valence-corrected chi connectivity index (χ3v) is 6.71. The molecule has 0 unspecified atom stereocenters. The zero-order valence-corrected chi connectivity index (χ0v) is 20.6. The first-order chi connectivity index (χ1) is 17.9. The van der Waals surface area contributed by atoms with Crippen molar-refractivity contribution in [2.75, 3.05) is 13.7 Å². The number of benzene rings is 2. The van der Waals surface area contributed by atoms with Gasteiger partial charge in [0.2, 0.25) is 0 Å². The first-order valence-electron chi connectivity index (χ1n) is 12.0. The standard InChI is InChI=1S/C28H24N6O3/c1-15-25-16(2)33-34(26(25)20-6-4-5-7-21(20)31-15)28(36)32-23-14-37-24-12-17(8-10-19(23)24)18-9-11-22(30-13-18)27(35)29-3/h4-13,23H,14H2,1-3H3,(H,29,35)(H,32,36)/t23-/m1/s1. The number of hydrogen-bond acceptors (Lipinski definition) is 6. The Morgan fingerprint density at radius 1 is 1.03 bits per heavy atom. The summed E-state index contributed by atoms with van der Waals surface area (Å²) < 4.78 is 7.37. The van der Waals surface area contributed by atoms with E-state index in [-0.39, 0.29) is 18.0 Å². The minimum absolute atomic E-state index is 0.234. The van der Waals surface area contributed by atoms with Gasteiger partial charge in [-0.2, -0.15) is 9.78 Å². The Kier molecular flexibility index (Phi) is 5.33. The number of nitrogens with one attached hydrogen (secondary N) is 2. The lowest BCUT2D eigenvalue weighted by Gasteiger charge is -2.13. The van der Waals surface area contributed by atoms with E-state index in [1.54, 1.807) is 19.3 Å². The number of amides is 2. The van der Waals surface area contributed by atoms with Crippen LogP contribution < -0.4 is 15.4 Å². The van der Waals surface area contributed by atoms with Gasteiger partial charge >= 0.3 is 6.03 Å². The van der Waals surface area contributed by atoms with Crippen LogP contribution >= 0.6 is 0 Å². The number of fused-ring (bicyclic) bond motifs is 4. The number of aromatic nitrogens is 4. The van der Waals surface area contributed by atoms with E-state index in [4.69, 9.17) is 9.72 Å². The van der Waals surface area contributed by atoms with Crippen LogP contribution in [-0.2, 0) is 0 Å². The van der Waals surface area contributed by atoms with Crippen LogP contribution in [0.4, 0.5) is 4.79 Å². The van der Waals surface area contributed by atoms with Gasteiger partial charge < -0.3 is 15.4 Å². The van der Waals surface area contributed by atoms with Gasteiger partial charge in [0.05, 0.1) is 22.8 Å². The molecule has 4 heterocycles. The van der Waals surface area contributed by atoms with Crippen molar-refractivity contribution in [2.24, 2.45) is 0 Å². The predicted molar refractivity (Wildman–Crippen MR) is 140 cm³/mol. The lowest BCUT2D eigenvalue weighted by atomic mass is 10.0. The summed E-state index contributed by atoms with van der Waals surface area (Å²) in [4.78, 5) is 34.2. The van der Waals surface area contributed by atoms with E-state index >= 15 is 0 Å². The lowest BCUT2D eigenvalue weighted by Crippen LogP contribution is -2.33. The molecule has 6 rings (SSSR count). The maximum atomic E-state index is 13.5. The fraction of sp³-hybridized carbons (Fsp3) is 0.179. The molecule has 184 valence electrons. The largest absolute Gasteiger partial charge is 0.491 e. The maximum absolute atomic E-state index is 13.5. The molecule has 5 aromatic rings. The van der Waals surface area contributed by atoms with Gasteiger partial charge in [0.25, 0.3) is 5.91 Å². The SMILES string of the molecule is CNC(=O)c1ccc(-c2ccc3c(c2)OC[C@H]3NC(=O)n2nc(C)c3c(C)nc4ccccc4c32)cn1. The minimum atomic E-state index is -0.326. The Bertz CT molecular complexity index is 1710. The van der Waals surface area contributed by atoms with E-state index in [9.17, 15) is 9.59 Å². The molecule has 0 bridgehead atoms. The fourth-order valence-corrected chi connectivity index (χ4v) is 4.91. The molecule has 3 aromatic heterocycles. The van der Waals surface area contributed by atoms with E-state index in [0.29, 0.717) is 18.1 Å². The zero-order chi connectivity index (χ0) is 25.7. The summed E-state index contributed by atoms with van der Waals surface area (Å²) >= 11 is 0. The van der Waals surface area contributed by atoms with Gasteiger partial charge in [-0.25, -0.2) is 4.79 Å². The molecule has 2 amide bonds. The summed E-state index contributed by atoms with van der Waals surface area (Å²) in [6.45, 7) is 4.14. The number of carbonyl (C=O) groups excluding carboxylic acids is 2. The third-order valence-electron chi connectivity index (χ3n) is 6.71. The van der Waals surface area contributed by atoms with Gasteiger partial charge in [-0.3, -0.25) is 14.8 Å². The molecule has 1 aliphatic rings. The van der Waals surface area contributed by atoms with E-state index < -0.39 is 0 Å². The summed E-state index contributed by atoms with van der Waals surface area (Å²) in [6.07, 6.45) is 1.66. The van der Waals surface area contributed by atoms with Crippen LogP contribution in [0.15, 0.2) is 60.8 Å². The summed E-state index contributed by atoms with van der Waals surface area (Å²) in [6, 6.07) is 16.5. The van der Waals surface area contributed by atoms with Crippen LogP contribution in [-0.4, -0.2) is 45.3 Å². The molecule has 37 heavy (non-hydrogen) atoms. The molecular formula is C28H24N6O3. The number of hydrogen-bond donors (Lipinski definition) is 2. The van der Waals surface area contributed by atoms with E-state index in [1.165, 1.54) is 4.68 Å². The van der Waals surface area contributed by atoms with Crippen LogP contribution in [0.1, 0.15) is 33.5 Å². The van der Waals surface area contributed by atoms with Crippen LogP contribution in [0, 0.1) is 13.8 Å². The number of nitrogens with zero attached hydrogens (tertiary/aromatic N) is 4. The normalized spacial score (nSPS) is 14.4. The second-order valence-corrected chi connectivity index (χ2v) is 9.01. The van der Waals surface area contributed by atoms with Crippen LogP contribution in [0.5, 0.6) is 5.75 Å². The van der Waals surface area contributed by atoms with Gasteiger partial charge in [0.1, 0.15) is 18.1 Å². The average molecular weight is 493 g/mol. The number of para-hydroxylation sites is 1. The smallest absolute Gasteiger partial charge is 0.343 e. The molecule has 0 spiro atoms. The van der Waals surface area contributed by atoms with Crippen molar-refractivity contribution in [2.45, 2.75) is 19.9 Å². The molecular weight excluding hydrogens is 468 g/mol. The Labute approximate surface area is 212 Å². The highest BCUT2D eigenvalue weighted by atomic mass is 16.5. The molecule has 1 atom stereocenters. The quantitative estimate of drug-likeness (QED) is 0.388. The molecule has 0 saturated heterocycles. The predicted octanol–water partition coefficient (Wildman–Crippen LogP) is 4.31. The molecule has 9 nitrogen and oxygen atoms in total. The first-order valence-corrected chi connectivity index (χ1v) is 12.0. The zero-order valence-electron chi connectivity index (χ0n) is 20.6. The van der Waals surface area contributed by atoms with Crippen molar-refractivity contribution < 1.29 is 14.3 Å². The Morgan fingerprint density at radius 2 is 1.84 bits per heavy atom. The van der Waals surface area contributed by atoms with Crippen LogP contribution in [0.25, 0.3) is 32.9 Å². The minimum Gasteiger partial charge on any atom is -0.491 e. The lowest BCUT2D eigenvalue weighted by molar-refractivity contribution is 0.0958. The Morgan fingerprint density at radius 3 is 2.62 bits per heavy atom. The van der Waals surface area contributed by atoms with Crippen molar-refractivity contribution in [3.05, 3.63) is 83.4 Å². The number of pyridine rings is 2. The van der Waals surface area contributed by atoms with Crippen LogP contribution in [0.2, 0.25) is 0 Å². The second kappa shape index (κ2) is 8.70. The third kappa shape index (κ3) is 3.76. The molecule has 2 N–H and O–H groups in total. The second-order valence-electron chi connectivity index (χ2n) is 9.01. The van der Waals surface area contributed by atoms with Gasteiger partial charge in [0.15, 0.2) is 0 Å². The van der Waals surface area contributed by atoms with E-state index in [2.05, 4.69) is 20.7 Å². The molecule has 0 aliphatic carbocycles. The highest BCUT2D eigenvalue weighted by Crippen LogP contribution is 2.36. The Balaban J connectivity index is 1.29. The Hall–Kier alpha value is -4.79. The van der Waals surface area contributed by atoms with Gasteiger partial charge in [-0.1, -0.05) is 36.4 Å².